The van der Waals surface area contributed by atoms with Gasteiger partial charge in [0.25, 0.3) is 11.8 Å². The molecule has 7 rings (SSSR count). The second-order valence-electron chi connectivity index (χ2n) is 10.3. The van der Waals surface area contributed by atoms with Gasteiger partial charge in [-0.05, 0) is 29.8 Å². The summed E-state index contributed by atoms with van der Waals surface area (Å²) in [7, 11) is 0. The second-order valence-corrected chi connectivity index (χ2v) is 11.7. The molecule has 0 spiro atoms. The van der Waals surface area contributed by atoms with E-state index in [4.69, 9.17) is 21.1 Å². The monoisotopic (exact) mass is 622 g/mol. The highest BCUT2D eigenvalue weighted by Crippen LogP contribution is 2.53. The first-order valence-electron chi connectivity index (χ1n) is 13.3. The number of likely N-dealkylation sites (tertiary alicyclic amines) is 1. The van der Waals surface area contributed by atoms with Crippen LogP contribution in [0.3, 0.4) is 0 Å². The average Bonchev–Trinajstić information content (AvgIpc) is 3.61. The molecule has 10 nitrogen and oxygen atoms in total. The number of thiophene rings is 1. The maximum atomic E-state index is 13.6. The number of anilines is 4. The van der Waals surface area contributed by atoms with E-state index >= 15 is 0 Å². The number of carbonyl (C=O) groups is 2. The van der Waals surface area contributed by atoms with Crippen LogP contribution < -0.4 is 25.0 Å². The van der Waals surface area contributed by atoms with Crippen LogP contribution in [0, 0.1) is 11.3 Å². The van der Waals surface area contributed by atoms with Gasteiger partial charge in [-0.25, -0.2) is 18.6 Å². The predicted molar refractivity (Wildman–Crippen MR) is 157 cm³/mol. The van der Waals surface area contributed by atoms with Crippen LogP contribution in [-0.2, 0) is 6.54 Å². The van der Waals surface area contributed by atoms with Crippen LogP contribution >= 0.6 is 22.9 Å². The zero-order valence-electron chi connectivity index (χ0n) is 22.2. The number of rotatable bonds is 5. The van der Waals surface area contributed by atoms with Crippen molar-refractivity contribution in [3.63, 3.8) is 0 Å². The van der Waals surface area contributed by atoms with Crippen LogP contribution in [0.2, 0.25) is 5.02 Å². The molecule has 0 aliphatic carbocycles. The van der Waals surface area contributed by atoms with Crippen LogP contribution in [-0.4, -0.2) is 47.6 Å². The van der Waals surface area contributed by atoms with Crippen molar-refractivity contribution in [1.82, 2.24) is 9.88 Å². The van der Waals surface area contributed by atoms with Crippen molar-refractivity contribution in [3.05, 3.63) is 63.6 Å². The van der Waals surface area contributed by atoms with E-state index in [1.165, 1.54) is 11.1 Å². The van der Waals surface area contributed by atoms with Crippen LogP contribution in [0.1, 0.15) is 33.6 Å². The zero-order chi connectivity index (χ0) is 29.9. The number of nitrogens with one attached hydrogen (secondary N) is 2. The van der Waals surface area contributed by atoms with Crippen molar-refractivity contribution in [3.8, 4) is 17.6 Å². The van der Waals surface area contributed by atoms with Gasteiger partial charge in [-0.2, -0.15) is 5.26 Å². The van der Waals surface area contributed by atoms with Gasteiger partial charge in [0.05, 0.1) is 27.3 Å². The summed E-state index contributed by atoms with van der Waals surface area (Å²) in [6, 6.07) is 11.8. The summed E-state index contributed by atoms with van der Waals surface area (Å²) < 4.78 is 38.0. The third kappa shape index (κ3) is 4.77. The fourth-order valence-electron chi connectivity index (χ4n) is 5.44. The van der Waals surface area contributed by atoms with E-state index in [0.717, 1.165) is 16.9 Å². The minimum absolute atomic E-state index is 0.0544. The molecule has 14 heteroatoms. The number of pyridine rings is 1. The lowest BCUT2D eigenvalue weighted by Gasteiger charge is -2.31. The number of amides is 3. The van der Waals surface area contributed by atoms with Crippen molar-refractivity contribution in [2.75, 3.05) is 35.4 Å². The van der Waals surface area contributed by atoms with Crippen molar-refractivity contribution in [2.45, 2.75) is 25.3 Å². The lowest BCUT2D eigenvalue weighted by Crippen LogP contribution is -2.38. The predicted octanol–water partition coefficient (Wildman–Crippen LogP) is 6.72. The quantitative estimate of drug-likeness (QED) is 0.254. The third-order valence-electron chi connectivity index (χ3n) is 7.57. The fraction of sp³-hybridized carbons (Fsp3) is 0.241. The molecule has 1 saturated heterocycles. The van der Waals surface area contributed by atoms with Crippen molar-refractivity contribution < 1.29 is 27.8 Å². The summed E-state index contributed by atoms with van der Waals surface area (Å²) >= 11 is 7.61. The summed E-state index contributed by atoms with van der Waals surface area (Å²) in [4.78, 5) is 35.4. The van der Waals surface area contributed by atoms with E-state index in [1.807, 2.05) is 17.0 Å². The van der Waals surface area contributed by atoms with E-state index in [1.54, 1.807) is 24.3 Å². The molecule has 3 aliphatic heterocycles. The Morgan fingerprint density at radius 1 is 1.16 bits per heavy atom. The fourth-order valence-corrected chi connectivity index (χ4v) is 6.67. The molecule has 0 bridgehead atoms. The molecule has 2 aromatic carbocycles. The minimum Gasteiger partial charge on any atom is -0.454 e. The highest BCUT2D eigenvalue weighted by atomic mass is 35.5. The maximum absolute atomic E-state index is 13.6. The van der Waals surface area contributed by atoms with Gasteiger partial charge in [-0.15, -0.1) is 11.3 Å². The number of alkyl halides is 2. The summed E-state index contributed by atoms with van der Waals surface area (Å²) in [6.45, 7) is 1.13. The zero-order valence-corrected chi connectivity index (χ0v) is 23.8. The second kappa shape index (κ2) is 10.3. The highest BCUT2D eigenvalue weighted by Gasteiger charge is 2.39. The van der Waals surface area contributed by atoms with Crippen LogP contribution in [0.4, 0.5) is 36.3 Å². The number of fused-ring (bicyclic) bond motifs is 1. The molecule has 2 aromatic heterocycles. The van der Waals surface area contributed by atoms with E-state index in [-0.39, 0.29) is 57.9 Å². The Bertz CT molecular complexity index is 1850. The van der Waals surface area contributed by atoms with Crippen molar-refractivity contribution in [2.24, 2.45) is 0 Å². The number of halogens is 3. The Kier molecular flexibility index (Phi) is 6.57. The Balaban J connectivity index is 1.19. The first kappa shape index (κ1) is 27.3. The first-order valence-corrected chi connectivity index (χ1v) is 14.5. The number of urea groups is 1. The minimum atomic E-state index is -2.60. The number of ether oxygens (including phenoxy) is 2. The van der Waals surface area contributed by atoms with Gasteiger partial charge in [0.15, 0.2) is 11.5 Å². The molecule has 1 fully saturated rings. The van der Waals surface area contributed by atoms with Gasteiger partial charge in [0, 0.05) is 44.4 Å². The van der Waals surface area contributed by atoms with E-state index in [0.29, 0.717) is 41.3 Å². The number of carbonyl (C=O) groups excluding carboxylic acids is 2. The molecule has 5 heterocycles. The number of hydrogen-bond acceptors (Lipinski definition) is 8. The normalized spacial score (nSPS) is 17.1. The van der Waals surface area contributed by atoms with Gasteiger partial charge in [0.1, 0.15) is 21.5 Å². The maximum Gasteiger partial charge on any atom is 0.331 e. The lowest BCUT2D eigenvalue weighted by molar-refractivity contribution is -0.0566. The van der Waals surface area contributed by atoms with Crippen molar-refractivity contribution in [1.29, 1.82) is 5.26 Å². The Labute approximate surface area is 252 Å². The molecule has 218 valence electrons. The average molecular weight is 623 g/mol. The first-order chi connectivity index (χ1) is 20.7. The Morgan fingerprint density at radius 3 is 2.67 bits per heavy atom. The number of nitrogens with zero attached hydrogens (tertiary/aromatic N) is 4. The molecule has 43 heavy (non-hydrogen) atoms. The third-order valence-corrected chi connectivity index (χ3v) is 8.97. The van der Waals surface area contributed by atoms with Gasteiger partial charge in [-0.1, -0.05) is 23.7 Å². The number of benzene rings is 2. The van der Waals surface area contributed by atoms with Crippen LogP contribution in [0.25, 0.3) is 10.2 Å². The molecule has 3 amide bonds. The molecular weight excluding hydrogens is 602 g/mol. The molecule has 4 aromatic rings. The van der Waals surface area contributed by atoms with Gasteiger partial charge in [-0.3, -0.25) is 14.6 Å². The molecule has 2 N–H and O–H groups in total. The van der Waals surface area contributed by atoms with Crippen LogP contribution in [0.15, 0.2) is 42.6 Å². The van der Waals surface area contributed by atoms with Gasteiger partial charge < -0.3 is 20.1 Å². The lowest BCUT2D eigenvalue weighted by atomic mass is 10.1. The summed E-state index contributed by atoms with van der Waals surface area (Å²) in [5.41, 5.74) is 2.23. The molecule has 0 atom stereocenters. The molecule has 0 saturated carbocycles. The number of nitriles is 1. The summed E-state index contributed by atoms with van der Waals surface area (Å²) in [5, 5.41) is 16.2. The van der Waals surface area contributed by atoms with Crippen LogP contribution in [0.5, 0.6) is 11.5 Å². The highest BCUT2D eigenvalue weighted by molar-refractivity contribution is 7.21. The Morgan fingerprint density at radius 2 is 1.93 bits per heavy atom. The largest absolute Gasteiger partial charge is 0.454 e. The smallest absolute Gasteiger partial charge is 0.331 e. The van der Waals surface area contributed by atoms with E-state index in [9.17, 15) is 23.6 Å². The number of hydrogen-bond donors (Lipinski definition) is 2. The standard InChI is InChI=1S/C29H21ClF2N6O4S/c30-18-5-6-19-24(42-14-41-19)23(18)38-22-16(11-33)12-34-27-20(22)21(36-28(38)40)25(43-27)26(39)35-17-3-1-15(2-4-17)13-37-9-7-29(31,32)8-10-37/h1-6,12H,7-10,13-14H2,(H,35,39)(H,36,40). The van der Waals surface area contributed by atoms with Gasteiger partial charge >= 0.3 is 6.03 Å². The molecule has 3 aliphatic rings. The van der Waals surface area contributed by atoms with Crippen molar-refractivity contribution >= 4 is 67.8 Å². The van der Waals surface area contributed by atoms with E-state index < -0.39 is 17.9 Å². The SMILES string of the molecule is N#Cc1cnc2sc(C(=O)Nc3ccc(CN4CCC(F)(F)CC4)cc3)c3c2c1N(c1c(Cl)ccc2c1OCO2)C(=O)N3. The van der Waals surface area contributed by atoms with E-state index in [2.05, 4.69) is 21.7 Å². The summed E-state index contributed by atoms with van der Waals surface area (Å²) in [5.74, 6) is -2.42. The molecule has 0 radical (unpaired) electrons. The Hall–Kier alpha value is -4.51. The topological polar surface area (TPSA) is 120 Å². The number of piperidine rings is 1. The van der Waals surface area contributed by atoms with Gasteiger partial charge in [0.2, 0.25) is 6.79 Å². The summed E-state index contributed by atoms with van der Waals surface area (Å²) in [6.07, 6.45) is 1.05. The molecule has 0 unspecified atom stereocenters. The number of aromatic nitrogens is 1. The molecular formula is C29H21ClF2N6O4S.